The van der Waals surface area contributed by atoms with Crippen LogP contribution < -0.4 is 0 Å². The molecule has 0 amide bonds. The number of benzene rings is 1. The van der Waals surface area contributed by atoms with E-state index in [1.807, 2.05) is 11.6 Å². The van der Waals surface area contributed by atoms with Gasteiger partial charge in [0.1, 0.15) is 0 Å². The summed E-state index contributed by atoms with van der Waals surface area (Å²) >= 11 is 1.66. The molecule has 0 spiro atoms. The zero-order chi connectivity index (χ0) is 9.38. The molecule has 4 heteroatoms. The first kappa shape index (κ1) is 7.70. The van der Waals surface area contributed by atoms with Gasteiger partial charge >= 0.3 is 0 Å². The van der Waals surface area contributed by atoms with Crippen LogP contribution in [0.3, 0.4) is 0 Å². The monoisotopic (exact) mass is 201 g/mol. The molecule has 0 saturated heterocycles. The summed E-state index contributed by atoms with van der Waals surface area (Å²) in [5.74, 6) is 0. The third-order valence-corrected chi connectivity index (χ3v) is 2.95. The van der Waals surface area contributed by atoms with Gasteiger partial charge in [0.2, 0.25) is 0 Å². The second-order valence-corrected chi connectivity index (χ2v) is 3.89. The van der Waals surface area contributed by atoms with Crippen molar-refractivity contribution in [2.75, 3.05) is 0 Å². The third kappa shape index (κ3) is 1.12. The maximum Gasteiger partial charge on any atom is 0.0818 e. The fraction of sp³-hybridized carbons (Fsp3) is 0. The second-order valence-electron chi connectivity index (χ2n) is 3.01. The van der Waals surface area contributed by atoms with Crippen LogP contribution >= 0.6 is 11.3 Å². The summed E-state index contributed by atoms with van der Waals surface area (Å²) in [5.41, 5.74) is 5.06. The van der Waals surface area contributed by atoms with E-state index in [0.717, 1.165) is 16.8 Å². The summed E-state index contributed by atoms with van der Waals surface area (Å²) in [5, 5.41) is 6.86. The Labute approximate surface area is 84.4 Å². The highest BCUT2D eigenvalue weighted by Crippen LogP contribution is 2.24. The highest BCUT2D eigenvalue weighted by Gasteiger charge is 2.01. The number of aromatic nitrogens is 3. The molecule has 0 unspecified atom stereocenters. The molecule has 0 fully saturated rings. The Hall–Kier alpha value is -1.68. The van der Waals surface area contributed by atoms with Gasteiger partial charge < -0.3 is 0 Å². The van der Waals surface area contributed by atoms with E-state index in [1.165, 1.54) is 4.70 Å². The number of nitrogens with zero attached hydrogens (tertiary/aromatic N) is 2. The molecule has 0 bridgehead atoms. The predicted molar refractivity (Wildman–Crippen MR) is 57.2 cm³/mol. The lowest BCUT2D eigenvalue weighted by Crippen LogP contribution is -1.77. The summed E-state index contributed by atoms with van der Waals surface area (Å²) in [6.45, 7) is 0. The Kier molecular flexibility index (Phi) is 1.61. The molecule has 3 nitrogen and oxygen atoms in total. The van der Waals surface area contributed by atoms with Gasteiger partial charge in [-0.25, -0.2) is 4.98 Å². The van der Waals surface area contributed by atoms with Crippen molar-refractivity contribution in [3.05, 3.63) is 36.0 Å². The van der Waals surface area contributed by atoms with Crippen molar-refractivity contribution >= 4 is 21.6 Å². The second kappa shape index (κ2) is 2.92. The smallest absolute Gasteiger partial charge is 0.0818 e. The average Bonchev–Trinajstić information content (AvgIpc) is 2.88. The van der Waals surface area contributed by atoms with Crippen molar-refractivity contribution in [1.29, 1.82) is 0 Å². The van der Waals surface area contributed by atoms with Crippen LogP contribution in [0.2, 0.25) is 0 Å². The van der Waals surface area contributed by atoms with Gasteiger partial charge in [0.25, 0.3) is 0 Å². The SMILES string of the molecule is c1cc(-c2ccc3scnc3c2)[nH]n1. The molecule has 14 heavy (non-hydrogen) atoms. The van der Waals surface area contributed by atoms with Gasteiger partial charge in [-0.05, 0) is 18.2 Å². The van der Waals surface area contributed by atoms with Crippen molar-refractivity contribution in [3.8, 4) is 11.3 Å². The van der Waals surface area contributed by atoms with Crippen LogP contribution in [0.15, 0.2) is 36.0 Å². The van der Waals surface area contributed by atoms with E-state index in [-0.39, 0.29) is 0 Å². The number of hydrogen-bond donors (Lipinski definition) is 1. The van der Waals surface area contributed by atoms with Gasteiger partial charge in [-0.2, -0.15) is 5.10 Å². The van der Waals surface area contributed by atoms with Gasteiger partial charge in [0.15, 0.2) is 0 Å². The minimum Gasteiger partial charge on any atom is -0.278 e. The molecular formula is C10H7N3S. The first-order chi connectivity index (χ1) is 6.93. The van der Waals surface area contributed by atoms with Crippen molar-refractivity contribution in [2.24, 2.45) is 0 Å². The van der Waals surface area contributed by atoms with Crippen LogP contribution in [0.25, 0.3) is 21.5 Å². The summed E-state index contributed by atoms with van der Waals surface area (Å²) in [7, 11) is 0. The highest BCUT2D eigenvalue weighted by atomic mass is 32.1. The fourth-order valence-corrected chi connectivity index (χ4v) is 2.10. The highest BCUT2D eigenvalue weighted by molar-refractivity contribution is 7.16. The Morgan fingerprint density at radius 2 is 2.21 bits per heavy atom. The maximum absolute atomic E-state index is 4.27. The maximum atomic E-state index is 4.27. The zero-order valence-electron chi connectivity index (χ0n) is 7.27. The molecule has 0 aliphatic carbocycles. The molecule has 3 rings (SSSR count). The average molecular weight is 201 g/mol. The molecule has 1 N–H and O–H groups in total. The Morgan fingerprint density at radius 1 is 1.21 bits per heavy atom. The van der Waals surface area contributed by atoms with Crippen LogP contribution in [-0.2, 0) is 0 Å². The number of rotatable bonds is 1. The first-order valence-electron chi connectivity index (χ1n) is 4.26. The van der Waals surface area contributed by atoms with Crippen molar-refractivity contribution in [3.63, 3.8) is 0 Å². The number of H-pyrrole nitrogens is 1. The van der Waals surface area contributed by atoms with E-state index in [1.54, 1.807) is 17.5 Å². The van der Waals surface area contributed by atoms with Gasteiger partial charge in [0, 0.05) is 11.8 Å². The minimum atomic E-state index is 1.03. The lowest BCUT2D eigenvalue weighted by atomic mass is 10.1. The van der Waals surface area contributed by atoms with Crippen molar-refractivity contribution in [1.82, 2.24) is 15.2 Å². The predicted octanol–water partition coefficient (Wildman–Crippen LogP) is 2.69. The molecule has 0 atom stereocenters. The third-order valence-electron chi connectivity index (χ3n) is 2.14. The lowest BCUT2D eigenvalue weighted by Gasteiger charge is -1.95. The van der Waals surface area contributed by atoms with Gasteiger partial charge in [-0.15, -0.1) is 11.3 Å². The summed E-state index contributed by atoms with van der Waals surface area (Å²) in [4.78, 5) is 4.27. The van der Waals surface area contributed by atoms with Crippen LogP contribution in [0.5, 0.6) is 0 Å². The molecule has 0 radical (unpaired) electrons. The molecule has 3 aromatic rings. The van der Waals surface area contributed by atoms with E-state index < -0.39 is 0 Å². The standard InChI is InChI=1S/C10H7N3S/c1-2-10-9(11-6-14-10)5-7(1)8-3-4-12-13-8/h1-6H,(H,12,13). The van der Waals surface area contributed by atoms with Gasteiger partial charge in [-0.3, -0.25) is 5.10 Å². The molecule has 2 aromatic heterocycles. The number of aromatic amines is 1. The number of fused-ring (bicyclic) bond motifs is 1. The van der Waals surface area contributed by atoms with Crippen LogP contribution in [-0.4, -0.2) is 15.2 Å². The van der Waals surface area contributed by atoms with Crippen LogP contribution in [0.4, 0.5) is 0 Å². The van der Waals surface area contributed by atoms with Crippen LogP contribution in [0.1, 0.15) is 0 Å². The van der Waals surface area contributed by atoms with Gasteiger partial charge in [-0.1, -0.05) is 6.07 Å². The minimum absolute atomic E-state index is 1.03. The molecule has 1 aromatic carbocycles. The molecule has 2 heterocycles. The normalized spacial score (nSPS) is 10.9. The number of thiazole rings is 1. The van der Waals surface area contributed by atoms with Crippen molar-refractivity contribution < 1.29 is 0 Å². The lowest BCUT2D eigenvalue weighted by molar-refractivity contribution is 1.10. The number of hydrogen-bond acceptors (Lipinski definition) is 3. The van der Waals surface area contributed by atoms with E-state index in [9.17, 15) is 0 Å². The molecular weight excluding hydrogens is 194 g/mol. The Bertz CT molecular complexity index is 554. The molecule has 0 aliphatic heterocycles. The van der Waals surface area contributed by atoms with E-state index in [0.29, 0.717) is 0 Å². The molecule has 68 valence electrons. The Balaban J connectivity index is 2.23. The molecule has 0 saturated carbocycles. The van der Waals surface area contributed by atoms with Gasteiger partial charge in [0.05, 0.1) is 21.4 Å². The quantitative estimate of drug-likeness (QED) is 0.657. The number of nitrogens with one attached hydrogen (secondary N) is 1. The topological polar surface area (TPSA) is 41.6 Å². The first-order valence-corrected chi connectivity index (χ1v) is 5.14. The van der Waals surface area contributed by atoms with E-state index in [2.05, 4.69) is 33.4 Å². The summed E-state index contributed by atoms with van der Waals surface area (Å²) < 4.78 is 1.22. The Morgan fingerprint density at radius 3 is 3.07 bits per heavy atom. The zero-order valence-corrected chi connectivity index (χ0v) is 8.08. The molecule has 0 aliphatic rings. The summed E-state index contributed by atoms with van der Waals surface area (Å²) in [6, 6.07) is 8.18. The fourth-order valence-electron chi connectivity index (χ4n) is 1.44. The van der Waals surface area contributed by atoms with E-state index >= 15 is 0 Å². The van der Waals surface area contributed by atoms with E-state index in [4.69, 9.17) is 0 Å². The largest absolute Gasteiger partial charge is 0.278 e. The van der Waals surface area contributed by atoms with Crippen molar-refractivity contribution in [2.45, 2.75) is 0 Å². The summed E-state index contributed by atoms with van der Waals surface area (Å²) in [6.07, 6.45) is 1.75. The van der Waals surface area contributed by atoms with Crippen LogP contribution in [0, 0.1) is 0 Å².